The molecule has 5 aliphatic heterocycles. The molecular formula is C20H22N2O4. The Labute approximate surface area is 152 Å². The van der Waals surface area contributed by atoms with Crippen LogP contribution in [0.2, 0.25) is 0 Å². The predicted octanol–water partition coefficient (Wildman–Crippen LogP) is 1.43. The van der Waals surface area contributed by atoms with Crippen LogP contribution in [0.25, 0.3) is 0 Å². The summed E-state index contributed by atoms with van der Waals surface area (Å²) < 4.78 is 12.0. The van der Waals surface area contributed by atoms with Crippen LogP contribution in [0.1, 0.15) is 31.2 Å². The highest BCUT2D eigenvalue weighted by Crippen LogP contribution is 2.75. The van der Waals surface area contributed by atoms with E-state index in [2.05, 4.69) is 23.1 Å². The van der Waals surface area contributed by atoms with Crippen LogP contribution in [0.5, 0.6) is 0 Å². The summed E-state index contributed by atoms with van der Waals surface area (Å²) in [6, 6.07) is 8.24. The Balaban J connectivity index is 1.69. The second kappa shape index (κ2) is 4.25. The Morgan fingerprint density at radius 1 is 1.35 bits per heavy atom. The van der Waals surface area contributed by atoms with Crippen molar-refractivity contribution in [2.24, 2.45) is 5.92 Å². The van der Waals surface area contributed by atoms with Crippen LogP contribution < -0.4 is 4.90 Å². The summed E-state index contributed by atoms with van der Waals surface area (Å²) in [7, 11) is 3.48. The minimum absolute atomic E-state index is 0.132. The third kappa shape index (κ3) is 1.19. The van der Waals surface area contributed by atoms with Gasteiger partial charge in [-0.25, -0.2) is 4.79 Å². The zero-order valence-electron chi connectivity index (χ0n) is 15.0. The monoisotopic (exact) mass is 354 g/mol. The molecule has 6 nitrogen and oxygen atoms in total. The molecular weight excluding hydrogens is 332 g/mol. The van der Waals surface area contributed by atoms with Gasteiger partial charge in [0.25, 0.3) is 0 Å². The average Bonchev–Trinajstić information content (AvgIpc) is 3.32. The molecule has 5 heterocycles. The fraction of sp³-hybridized carbons (Fsp3) is 0.600. The van der Waals surface area contributed by atoms with Gasteiger partial charge in [0, 0.05) is 31.6 Å². The van der Waals surface area contributed by atoms with Crippen molar-refractivity contribution in [1.29, 1.82) is 0 Å². The Hall–Kier alpha value is -2.08. The standard InChI is InChI=1S/C20H22N2O4/c1-21-14-6-4-3-5-13(14)18-9-10-22-15(23)8-7-12-11-19(16(18)21,17(24)25-2)26-20(12,18)22/h3-6,12,16H,7-11H2,1-2H3/t12-,16+,18-,19+,20-/m0/s1. The SMILES string of the molecule is COC(=O)[C@@]12C[C@@H]3CCC(=O)N4CC[C@@]5(c6ccccc6N(C)[C@@H]15)[C@@]34O2. The first-order chi connectivity index (χ1) is 12.5. The van der Waals surface area contributed by atoms with Crippen molar-refractivity contribution >= 4 is 17.6 Å². The number of para-hydroxylation sites is 1. The van der Waals surface area contributed by atoms with E-state index in [1.54, 1.807) is 0 Å². The highest BCUT2D eigenvalue weighted by Gasteiger charge is 2.88. The van der Waals surface area contributed by atoms with Gasteiger partial charge in [-0.3, -0.25) is 4.79 Å². The van der Waals surface area contributed by atoms with Crippen molar-refractivity contribution in [3.8, 4) is 0 Å². The first-order valence-electron chi connectivity index (χ1n) is 9.44. The van der Waals surface area contributed by atoms with Crippen molar-refractivity contribution in [1.82, 2.24) is 4.90 Å². The number of carbonyl (C=O) groups is 2. The van der Waals surface area contributed by atoms with E-state index in [1.165, 1.54) is 12.7 Å². The maximum absolute atomic E-state index is 13.1. The lowest BCUT2D eigenvalue weighted by molar-refractivity contribution is -0.195. The number of ether oxygens (including phenoxy) is 2. The average molecular weight is 354 g/mol. The summed E-state index contributed by atoms with van der Waals surface area (Å²) >= 11 is 0. The minimum Gasteiger partial charge on any atom is -0.467 e. The van der Waals surface area contributed by atoms with Crippen LogP contribution in [0.4, 0.5) is 5.69 Å². The molecule has 2 bridgehead atoms. The summed E-state index contributed by atoms with van der Waals surface area (Å²) in [4.78, 5) is 30.0. The van der Waals surface area contributed by atoms with Crippen molar-refractivity contribution in [2.45, 2.75) is 48.5 Å². The number of anilines is 1. The normalized spacial score (nSPS) is 44.2. The fourth-order valence-corrected chi connectivity index (χ4v) is 7.28. The maximum Gasteiger partial charge on any atom is 0.340 e. The Morgan fingerprint density at radius 2 is 2.15 bits per heavy atom. The van der Waals surface area contributed by atoms with Gasteiger partial charge in [-0.05, 0) is 30.9 Å². The Morgan fingerprint density at radius 3 is 2.96 bits per heavy atom. The molecule has 5 aliphatic rings. The first kappa shape index (κ1) is 15.0. The van der Waals surface area contributed by atoms with Crippen LogP contribution in [-0.2, 0) is 24.5 Å². The lowest BCUT2D eigenvalue weighted by atomic mass is 9.56. The quantitative estimate of drug-likeness (QED) is 0.714. The van der Waals surface area contributed by atoms with Gasteiger partial charge in [0.05, 0.1) is 18.6 Å². The minimum atomic E-state index is -1.00. The van der Waals surface area contributed by atoms with E-state index in [4.69, 9.17) is 9.47 Å². The summed E-state index contributed by atoms with van der Waals surface area (Å²) in [5, 5.41) is 0. The fourth-order valence-electron chi connectivity index (χ4n) is 7.28. The summed E-state index contributed by atoms with van der Waals surface area (Å²) in [6.07, 6.45) is 2.80. The molecule has 0 unspecified atom stereocenters. The third-order valence-corrected chi connectivity index (χ3v) is 7.81. The van der Waals surface area contributed by atoms with Gasteiger partial charge in [0.15, 0.2) is 11.3 Å². The van der Waals surface area contributed by atoms with Crippen LogP contribution in [-0.4, -0.2) is 54.8 Å². The summed E-state index contributed by atoms with van der Waals surface area (Å²) in [5.74, 6) is 0.0381. The molecule has 136 valence electrons. The molecule has 4 fully saturated rings. The molecule has 1 aromatic rings. The van der Waals surface area contributed by atoms with Crippen LogP contribution in [0.15, 0.2) is 24.3 Å². The molecule has 6 rings (SSSR count). The van der Waals surface area contributed by atoms with Crippen molar-refractivity contribution in [2.75, 3.05) is 25.6 Å². The summed E-state index contributed by atoms with van der Waals surface area (Å²) in [6.45, 7) is 0.700. The maximum atomic E-state index is 13.1. The molecule has 0 aliphatic carbocycles. The highest BCUT2D eigenvalue weighted by molar-refractivity contribution is 5.89. The molecule has 0 radical (unpaired) electrons. The molecule has 4 saturated heterocycles. The number of hydrogen-bond donors (Lipinski definition) is 0. The molecule has 6 heteroatoms. The van der Waals surface area contributed by atoms with Crippen LogP contribution >= 0.6 is 0 Å². The van der Waals surface area contributed by atoms with E-state index in [9.17, 15) is 9.59 Å². The number of likely N-dealkylation sites (N-methyl/N-ethyl adjacent to an activating group) is 1. The lowest BCUT2D eigenvalue weighted by Crippen LogP contribution is -2.67. The third-order valence-electron chi connectivity index (χ3n) is 7.81. The van der Waals surface area contributed by atoms with Crippen LogP contribution in [0.3, 0.4) is 0 Å². The molecule has 0 aromatic heterocycles. The molecule has 1 amide bonds. The smallest absolute Gasteiger partial charge is 0.340 e. The lowest BCUT2D eigenvalue weighted by Gasteiger charge is -2.51. The molecule has 5 atom stereocenters. The Bertz CT molecular complexity index is 871. The number of amides is 1. The number of fused-ring (bicyclic) bond motifs is 3. The second-order valence-corrected chi connectivity index (χ2v) is 8.42. The van der Waals surface area contributed by atoms with E-state index in [0.29, 0.717) is 19.4 Å². The molecule has 0 N–H and O–H groups in total. The zero-order valence-corrected chi connectivity index (χ0v) is 15.0. The van der Waals surface area contributed by atoms with Crippen LogP contribution in [0, 0.1) is 5.92 Å². The number of rotatable bonds is 1. The largest absolute Gasteiger partial charge is 0.467 e. The van der Waals surface area contributed by atoms with E-state index < -0.39 is 11.3 Å². The first-order valence-corrected chi connectivity index (χ1v) is 9.44. The zero-order chi connectivity index (χ0) is 17.9. The number of esters is 1. The van der Waals surface area contributed by atoms with Gasteiger partial charge in [0.1, 0.15) is 0 Å². The van der Waals surface area contributed by atoms with Gasteiger partial charge in [0.2, 0.25) is 5.91 Å². The van der Waals surface area contributed by atoms with E-state index in [1.807, 2.05) is 18.0 Å². The van der Waals surface area contributed by atoms with Gasteiger partial charge >= 0.3 is 5.97 Å². The molecule has 2 spiro atoms. The predicted molar refractivity (Wildman–Crippen MR) is 92.5 cm³/mol. The number of carbonyl (C=O) groups excluding carboxylic acids is 2. The topological polar surface area (TPSA) is 59.1 Å². The number of benzene rings is 1. The molecule has 0 saturated carbocycles. The number of hydrogen-bond acceptors (Lipinski definition) is 5. The molecule has 26 heavy (non-hydrogen) atoms. The van der Waals surface area contributed by atoms with Crippen molar-refractivity contribution in [3.63, 3.8) is 0 Å². The molecule has 1 aromatic carbocycles. The van der Waals surface area contributed by atoms with Crippen molar-refractivity contribution in [3.05, 3.63) is 29.8 Å². The summed E-state index contributed by atoms with van der Waals surface area (Å²) in [5.41, 5.74) is 0.304. The number of nitrogens with zero attached hydrogens (tertiary/aromatic N) is 2. The van der Waals surface area contributed by atoms with Gasteiger partial charge in [-0.15, -0.1) is 0 Å². The van der Waals surface area contributed by atoms with Gasteiger partial charge in [-0.1, -0.05) is 18.2 Å². The Kier molecular flexibility index (Phi) is 2.45. The van der Waals surface area contributed by atoms with E-state index >= 15 is 0 Å². The van der Waals surface area contributed by atoms with Gasteiger partial charge < -0.3 is 19.3 Å². The second-order valence-electron chi connectivity index (χ2n) is 8.42. The number of methoxy groups -OCH3 is 1. The van der Waals surface area contributed by atoms with E-state index in [-0.39, 0.29) is 29.3 Å². The van der Waals surface area contributed by atoms with Gasteiger partial charge in [-0.2, -0.15) is 0 Å². The highest BCUT2D eigenvalue weighted by atomic mass is 16.6. The van der Waals surface area contributed by atoms with Crippen molar-refractivity contribution < 1.29 is 19.1 Å². The van der Waals surface area contributed by atoms with E-state index in [0.717, 1.165) is 18.5 Å². The number of piperidine rings is 1.